The minimum atomic E-state index is -0.135. The van der Waals surface area contributed by atoms with Crippen LogP contribution in [0.4, 0.5) is 0 Å². The Balaban J connectivity index is 3.28. The van der Waals surface area contributed by atoms with Gasteiger partial charge in [-0.1, -0.05) is 5.18 Å². The van der Waals surface area contributed by atoms with Gasteiger partial charge in [0.25, 0.3) is 0 Å². The standard InChI is InChI=1S/C6H14N4O/c1-5(10-11)3-2-4-9-6(7)8/h5H,2-4H2,1H3,(H4,7,8,9). The zero-order chi connectivity index (χ0) is 8.69. The largest absolute Gasteiger partial charge is 0.370 e. The number of nitrogens with two attached hydrogens (primary N) is 2. The quantitative estimate of drug-likeness (QED) is 0.259. The fraction of sp³-hybridized carbons (Fsp3) is 0.833. The molecule has 0 amide bonds. The highest BCUT2D eigenvalue weighted by Crippen LogP contribution is 1.99. The lowest BCUT2D eigenvalue weighted by Crippen LogP contribution is -2.23. The van der Waals surface area contributed by atoms with Crippen LogP contribution >= 0.6 is 0 Å². The maximum Gasteiger partial charge on any atom is 0.185 e. The van der Waals surface area contributed by atoms with E-state index in [0.717, 1.165) is 12.8 Å². The van der Waals surface area contributed by atoms with Crippen molar-refractivity contribution < 1.29 is 0 Å². The van der Waals surface area contributed by atoms with Crippen molar-refractivity contribution in [2.75, 3.05) is 6.54 Å². The highest BCUT2D eigenvalue weighted by Gasteiger charge is 1.98. The van der Waals surface area contributed by atoms with Gasteiger partial charge in [0.15, 0.2) is 5.96 Å². The molecule has 0 aromatic heterocycles. The molecule has 0 saturated carbocycles. The highest BCUT2D eigenvalue weighted by atomic mass is 16.3. The zero-order valence-corrected chi connectivity index (χ0v) is 6.66. The lowest BCUT2D eigenvalue weighted by atomic mass is 10.2. The fourth-order valence-corrected chi connectivity index (χ4v) is 0.648. The average Bonchev–Trinajstić information content (AvgIpc) is 1.97. The van der Waals surface area contributed by atoms with Gasteiger partial charge in [0.1, 0.15) is 0 Å². The van der Waals surface area contributed by atoms with Crippen LogP contribution in [0.15, 0.2) is 10.2 Å². The van der Waals surface area contributed by atoms with Crippen LogP contribution in [0.1, 0.15) is 19.8 Å². The minimum Gasteiger partial charge on any atom is -0.370 e. The maximum atomic E-state index is 9.90. The molecule has 0 rings (SSSR count). The van der Waals surface area contributed by atoms with Gasteiger partial charge in [-0.3, -0.25) is 4.99 Å². The van der Waals surface area contributed by atoms with E-state index < -0.39 is 0 Å². The molecule has 0 bridgehead atoms. The summed E-state index contributed by atoms with van der Waals surface area (Å²) in [7, 11) is 0. The average molecular weight is 158 g/mol. The van der Waals surface area contributed by atoms with Crippen LogP contribution in [0, 0.1) is 4.91 Å². The first-order valence-corrected chi connectivity index (χ1v) is 3.54. The molecule has 0 heterocycles. The van der Waals surface area contributed by atoms with E-state index in [1.54, 1.807) is 6.92 Å². The first-order chi connectivity index (χ1) is 5.16. The van der Waals surface area contributed by atoms with Crippen molar-refractivity contribution in [3.63, 3.8) is 0 Å². The number of hydrogen-bond acceptors (Lipinski definition) is 3. The summed E-state index contributed by atoms with van der Waals surface area (Å²) in [5.41, 5.74) is 10.2. The third-order valence-corrected chi connectivity index (χ3v) is 1.25. The number of nitrogens with zero attached hydrogens (tertiary/aromatic N) is 2. The van der Waals surface area contributed by atoms with Crippen molar-refractivity contribution in [1.29, 1.82) is 0 Å². The second-order valence-corrected chi connectivity index (χ2v) is 2.40. The van der Waals surface area contributed by atoms with E-state index in [1.165, 1.54) is 0 Å². The zero-order valence-electron chi connectivity index (χ0n) is 6.66. The Labute approximate surface area is 65.8 Å². The van der Waals surface area contributed by atoms with Crippen molar-refractivity contribution in [3.05, 3.63) is 4.91 Å². The van der Waals surface area contributed by atoms with Crippen LogP contribution < -0.4 is 11.5 Å². The summed E-state index contributed by atoms with van der Waals surface area (Å²) in [5.74, 6) is 0.0942. The first-order valence-electron chi connectivity index (χ1n) is 3.54. The van der Waals surface area contributed by atoms with Crippen molar-refractivity contribution >= 4 is 5.96 Å². The van der Waals surface area contributed by atoms with Gasteiger partial charge in [-0.15, -0.1) is 0 Å². The number of aliphatic imine (C=N–C) groups is 1. The molecule has 1 atom stereocenters. The van der Waals surface area contributed by atoms with Gasteiger partial charge in [0.2, 0.25) is 0 Å². The van der Waals surface area contributed by atoms with Crippen LogP contribution in [0.5, 0.6) is 0 Å². The summed E-state index contributed by atoms with van der Waals surface area (Å²) >= 11 is 0. The number of guanidine groups is 1. The van der Waals surface area contributed by atoms with Gasteiger partial charge in [0, 0.05) is 6.54 Å². The lowest BCUT2D eigenvalue weighted by Gasteiger charge is -1.98. The molecule has 0 aliphatic carbocycles. The molecule has 0 aliphatic heterocycles. The Bertz CT molecular complexity index is 142. The molecule has 0 aromatic rings. The number of nitroso groups, excluding NO2 is 1. The molecule has 4 N–H and O–H groups in total. The molecule has 0 fully saturated rings. The van der Waals surface area contributed by atoms with Crippen molar-refractivity contribution in [3.8, 4) is 0 Å². The topological polar surface area (TPSA) is 93.8 Å². The van der Waals surface area contributed by atoms with Crippen molar-refractivity contribution in [2.24, 2.45) is 21.6 Å². The van der Waals surface area contributed by atoms with E-state index in [0.29, 0.717) is 6.54 Å². The molecular weight excluding hydrogens is 144 g/mol. The molecule has 1 unspecified atom stereocenters. The molecule has 0 saturated heterocycles. The second-order valence-electron chi connectivity index (χ2n) is 2.40. The van der Waals surface area contributed by atoms with E-state index in [-0.39, 0.29) is 12.0 Å². The van der Waals surface area contributed by atoms with E-state index >= 15 is 0 Å². The SMILES string of the molecule is CC(CCCN=C(N)N)N=O. The molecule has 0 radical (unpaired) electrons. The van der Waals surface area contributed by atoms with Gasteiger partial charge in [-0.05, 0) is 19.8 Å². The summed E-state index contributed by atoms with van der Waals surface area (Å²) in [6, 6.07) is -0.135. The maximum absolute atomic E-state index is 9.90. The van der Waals surface area contributed by atoms with Crippen LogP contribution in [0.2, 0.25) is 0 Å². The molecule has 5 heteroatoms. The van der Waals surface area contributed by atoms with E-state index in [1.807, 2.05) is 0 Å². The van der Waals surface area contributed by atoms with Crippen LogP contribution in [-0.2, 0) is 0 Å². The third kappa shape index (κ3) is 6.76. The molecule has 5 nitrogen and oxygen atoms in total. The predicted molar refractivity (Wildman–Crippen MR) is 45.2 cm³/mol. The molecule has 0 aliphatic rings. The number of rotatable bonds is 5. The van der Waals surface area contributed by atoms with Gasteiger partial charge >= 0.3 is 0 Å². The molecule has 0 aromatic carbocycles. The summed E-state index contributed by atoms with van der Waals surface area (Å²) in [4.78, 5) is 13.7. The van der Waals surface area contributed by atoms with Crippen LogP contribution in [0.3, 0.4) is 0 Å². The molecular formula is C6H14N4O. The van der Waals surface area contributed by atoms with Gasteiger partial charge < -0.3 is 11.5 Å². The van der Waals surface area contributed by atoms with Gasteiger partial charge in [-0.25, -0.2) is 0 Å². The monoisotopic (exact) mass is 158 g/mol. The Morgan fingerprint density at radius 3 is 2.64 bits per heavy atom. The Hall–Kier alpha value is -1.13. The van der Waals surface area contributed by atoms with E-state index in [9.17, 15) is 4.91 Å². The molecule has 11 heavy (non-hydrogen) atoms. The van der Waals surface area contributed by atoms with Crippen molar-refractivity contribution in [2.45, 2.75) is 25.8 Å². The lowest BCUT2D eigenvalue weighted by molar-refractivity contribution is 0.629. The van der Waals surface area contributed by atoms with Gasteiger partial charge in [0.05, 0.1) is 6.04 Å². The van der Waals surface area contributed by atoms with E-state index in [4.69, 9.17) is 11.5 Å². The number of hydrogen-bond donors (Lipinski definition) is 2. The Morgan fingerprint density at radius 1 is 1.55 bits per heavy atom. The highest BCUT2D eigenvalue weighted by molar-refractivity contribution is 5.75. The van der Waals surface area contributed by atoms with E-state index in [2.05, 4.69) is 10.2 Å². The smallest absolute Gasteiger partial charge is 0.185 e. The summed E-state index contributed by atoms with van der Waals surface area (Å²) < 4.78 is 0. The first kappa shape index (κ1) is 9.87. The van der Waals surface area contributed by atoms with Crippen LogP contribution in [0.25, 0.3) is 0 Å². The Morgan fingerprint density at radius 2 is 2.18 bits per heavy atom. The third-order valence-electron chi connectivity index (χ3n) is 1.25. The molecule has 64 valence electrons. The fourth-order valence-electron chi connectivity index (χ4n) is 0.648. The minimum absolute atomic E-state index is 0.0942. The summed E-state index contributed by atoms with van der Waals surface area (Å²) in [6.07, 6.45) is 1.53. The molecule has 0 spiro atoms. The summed E-state index contributed by atoms with van der Waals surface area (Å²) in [5, 5.41) is 2.84. The second kappa shape index (κ2) is 5.64. The van der Waals surface area contributed by atoms with Crippen molar-refractivity contribution in [1.82, 2.24) is 0 Å². The van der Waals surface area contributed by atoms with Gasteiger partial charge in [-0.2, -0.15) is 4.91 Å². The summed E-state index contributed by atoms with van der Waals surface area (Å²) in [6.45, 7) is 2.34. The van der Waals surface area contributed by atoms with Crippen LogP contribution in [-0.4, -0.2) is 18.5 Å². The predicted octanol–water partition coefficient (Wildman–Crippen LogP) is 0.195. The normalized spacial score (nSPS) is 12.1. The Kier molecular flexibility index (Phi) is 5.06.